The third-order valence-corrected chi connectivity index (χ3v) is 7.88. The number of fused-ring (bicyclic) bond motifs is 6. The normalized spacial score (nSPS) is 24.9. The molecule has 0 aliphatic heterocycles. The summed E-state index contributed by atoms with van der Waals surface area (Å²) < 4.78 is 15.5. The van der Waals surface area contributed by atoms with Crippen LogP contribution in [0.25, 0.3) is 44.3 Å². The predicted octanol–water partition coefficient (Wildman–Crippen LogP) is 8.61. The molecule has 2 heteroatoms. The molecule has 0 saturated heterocycles. The van der Waals surface area contributed by atoms with E-state index in [4.69, 9.17) is 9.40 Å². The van der Waals surface area contributed by atoms with Gasteiger partial charge in [-0.3, -0.25) is 4.98 Å². The first-order valence-corrected chi connectivity index (χ1v) is 12.2. The third-order valence-electron chi connectivity index (χ3n) is 7.88. The van der Waals surface area contributed by atoms with E-state index in [0.717, 1.165) is 56.7 Å². The molecule has 3 aromatic carbocycles. The highest BCUT2D eigenvalue weighted by atomic mass is 16.3. The number of furan rings is 1. The summed E-state index contributed by atoms with van der Waals surface area (Å²) in [4.78, 5) is 4.69. The predicted molar refractivity (Wildman–Crippen MR) is 135 cm³/mol. The Morgan fingerprint density at radius 2 is 1.61 bits per heavy atom. The van der Waals surface area contributed by atoms with E-state index in [1.165, 1.54) is 31.2 Å². The van der Waals surface area contributed by atoms with E-state index in [1.54, 1.807) is 0 Å². The van der Waals surface area contributed by atoms with Gasteiger partial charge in [0.2, 0.25) is 0 Å². The van der Waals surface area contributed by atoms with Gasteiger partial charge in [-0.25, -0.2) is 0 Å². The lowest BCUT2D eigenvalue weighted by Crippen LogP contribution is -2.29. The quantitative estimate of drug-likeness (QED) is 0.286. The maximum atomic E-state index is 9.27. The number of nitrogens with zero attached hydrogens (tertiary/aromatic N) is 1. The molecule has 1 atom stereocenters. The van der Waals surface area contributed by atoms with Crippen molar-refractivity contribution in [1.82, 2.24) is 4.98 Å². The number of para-hydroxylation sites is 2. The molecule has 2 heterocycles. The number of benzene rings is 3. The molecule has 162 valence electrons. The maximum absolute atomic E-state index is 9.27. The zero-order chi connectivity index (χ0) is 22.7. The van der Waals surface area contributed by atoms with E-state index >= 15 is 0 Å². The van der Waals surface area contributed by atoms with Crippen LogP contribution in [0.4, 0.5) is 0 Å². The average Bonchev–Trinajstić information content (AvgIpc) is 3.28. The summed E-state index contributed by atoms with van der Waals surface area (Å²) in [6.07, 6.45) is 7.99. The zero-order valence-electron chi connectivity index (χ0n) is 19.6. The van der Waals surface area contributed by atoms with E-state index in [1.807, 2.05) is 24.4 Å². The molecule has 2 bridgehead atoms. The van der Waals surface area contributed by atoms with E-state index in [-0.39, 0.29) is 0 Å². The first kappa shape index (κ1) is 18.1. The Bertz CT molecular complexity index is 1510. The monoisotopic (exact) mass is 430 g/mol. The Kier molecular flexibility index (Phi) is 4.16. The summed E-state index contributed by atoms with van der Waals surface area (Å²) >= 11 is 0. The summed E-state index contributed by atoms with van der Waals surface area (Å²) in [6.45, 7) is 0. The molecule has 0 amide bonds. The van der Waals surface area contributed by atoms with Crippen molar-refractivity contribution in [2.75, 3.05) is 0 Å². The topological polar surface area (TPSA) is 26.0 Å². The van der Waals surface area contributed by atoms with Crippen molar-refractivity contribution >= 4 is 21.9 Å². The Morgan fingerprint density at radius 1 is 0.788 bits per heavy atom. The van der Waals surface area contributed by atoms with Crippen LogP contribution in [-0.4, -0.2) is 4.98 Å². The van der Waals surface area contributed by atoms with Gasteiger partial charge in [-0.1, -0.05) is 67.4 Å². The highest BCUT2D eigenvalue weighted by molar-refractivity contribution is 6.09. The molecule has 8 rings (SSSR count). The fraction of sp³-hybridized carbons (Fsp3) is 0.258. The van der Waals surface area contributed by atoms with Crippen LogP contribution in [0, 0.1) is 11.8 Å². The Morgan fingerprint density at radius 3 is 2.42 bits per heavy atom. The minimum Gasteiger partial charge on any atom is -0.455 e. The number of pyridine rings is 1. The summed E-state index contributed by atoms with van der Waals surface area (Å²) in [6, 6.07) is 27.4. The van der Waals surface area contributed by atoms with Crippen molar-refractivity contribution in [1.29, 1.82) is 0 Å². The fourth-order valence-electron chi connectivity index (χ4n) is 6.13. The number of hydrogen-bond donors (Lipinski definition) is 0. The van der Waals surface area contributed by atoms with Crippen LogP contribution in [0.15, 0.2) is 89.5 Å². The van der Waals surface area contributed by atoms with Gasteiger partial charge >= 0.3 is 0 Å². The van der Waals surface area contributed by atoms with E-state index in [9.17, 15) is 1.37 Å². The second-order valence-corrected chi connectivity index (χ2v) is 9.73. The standard InChI is InChI=1S/C31H27NO/c1-2-7-30-25(4-1)26-5-3-6-27(31(26)33-30)29-19-24(16-17-32-29)21-12-14-23(15-13-21)28-18-20-8-10-22(28)11-9-20/h1-7,12-17,19-20,22,28H,8-11,18H2/i28D. The molecule has 3 aliphatic rings. The van der Waals surface area contributed by atoms with Crippen LogP contribution >= 0.6 is 0 Å². The van der Waals surface area contributed by atoms with Crippen LogP contribution in [0.1, 0.15) is 44.9 Å². The molecule has 2 nitrogen and oxygen atoms in total. The average molecular weight is 431 g/mol. The summed E-state index contributed by atoms with van der Waals surface area (Å²) in [5.74, 6) is 0.853. The lowest BCUT2D eigenvalue weighted by Gasteiger charge is -2.42. The highest BCUT2D eigenvalue weighted by Crippen LogP contribution is 2.49. The Labute approximate surface area is 195 Å². The molecular weight excluding hydrogens is 402 g/mol. The van der Waals surface area contributed by atoms with Crippen LogP contribution < -0.4 is 0 Å². The second-order valence-electron chi connectivity index (χ2n) is 9.73. The number of aromatic nitrogens is 1. The lowest BCUT2D eigenvalue weighted by molar-refractivity contribution is 0.145. The van der Waals surface area contributed by atoms with Crippen LogP contribution in [-0.2, 0) is 0 Å². The van der Waals surface area contributed by atoms with Gasteiger partial charge < -0.3 is 4.42 Å². The smallest absolute Gasteiger partial charge is 0.144 e. The van der Waals surface area contributed by atoms with Crippen molar-refractivity contribution in [3.05, 3.63) is 90.6 Å². The number of hydrogen-bond acceptors (Lipinski definition) is 2. The van der Waals surface area contributed by atoms with Crippen LogP contribution in [0.2, 0.25) is 0 Å². The largest absolute Gasteiger partial charge is 0.455 e. The Balaban J connectivity index is 1.26. The molecule has 3 fully saturated rings. The second kappa shape index (κ2) is 7.59. The molecular formula is C31H27NO. The SMILES string of the molecule is [2H]C1(c2ccc(-c3ccnc(-c4cccc5c4oc4ccccc45)c3)cc2)CC2CCC1CC2. The molecule has 5 aromatic rings. The third kappa shape index (κ3) is 3.20. The fourth-order valence-corrected chi connectivity index (χ4v) is 6.13. The van der Waals surface area contributed by atoms with E-state index in [0.29, 0.717) is 5.92 Å². The molecule has 2 aromatic heterocycles. The Hall–Kier alpha value is -3.39. The molecule has 0 spiro atoms. The van der Waals surface area contributed by atoms with Gasteiger partial charge in [0.25, 0.3) is 0 Å². The molecule has 0 N–H and O–H groups in total. The zero-order valence-corrected chi connectivity index (χ0v) is 18.6. The van der Waals surface area contributed by atoms with Crippen molar-refractivity contribution in [3.8, 4) is 22.4 Å². The van der Waals surface area contributed by atoms with Gasteiger partial charge in [-0.15, -0.1) is 0 Å². The summed E-state index contributed by atoms with van der Waals surface area (Å²) in [7, 11) is 0. The summed E-state index contributed by atoms with van der Waals surface area (Å²) in [5, 5.41) is 2.25. The van der Waals surface area contributed by atoms with Gasteiger partial charge in [0.1, 0.15) is 11.2 Å². The van der Waals surface area contributed by atoms with Gasteiger partial charge in [-0.2, -0.15) is 0 Å². The molecule has 1 unspecified atom stereocenters. The van der Waals surface area contributed by atoms with Gasteiger partial charge in [0, 0.05) is 23.9 Å². The highest BCUT2D eigenvalue weighted by Gasteiger charge is 2.36. The van der Waals surface area contributed by atoms with Gasteiger partial charge in [0.05, 0.1) is 5.69 Å². The maximum Gasteiger partial charge on any atom is 0.144 e. The van der Waals surface area contributed by atoms with Gasteiger partial charge in [-0.05, 0) is 77.9 Å². The number of rotatable bonds is 3. The first-order valence-electron chi connectivity index (χ1n) is 12.7. The molecule has 3 aliphatic carbocycles. The molecule has 3 saturated carbocycles. The van der Waals surface area contributed by atoms with Crippen molar-refractivity contribution in [2.24, 2.45) is 11.8 Å². The molecule has 33 heavy (non-hydrogen) atoms. The minimum atomic E-state index is -0.403. The van der Waals surface area contributed by atoms with Crippen molar-refractivity contribution in [2.45, 2.75) is 38.0 Å². The lowest BCUT2D eigenvalue weighted by atomic mass is 9.63. The van der Waals surface area contributed by atoms with Gasteiger partial charge in [0.15, 0.2) is 0 Å². The minimum absolute atomic E-state index is 0.403. The molecule has 0 radical (unpaired) electrons. The van der Waals surface area contributed by atoms with Crippen molar-refractivity contribution < 1.29 is 5.79 Å². The van der Waals surface area contributed by atoms with Crippen LogP contribution in [0.3, 0.4) is 0 Å². The first-order chi connectivity index (χ1) is 16.7. The van der Waals surface area contributed by atoms with Crippen LogP contribution in [0.5, 0.6) is 0 Å². The van der Waals surface area contributed by atoms with E-state index in [2.05, 4.69) is 60.7 Å². The van der Waals surface area contributed by atoms with Crippen molar-refractivity contribution in [3.63, 3.8) is 0 Å². The summed E-state index contributed by atoms with van der Waals surface area (Å²) in [5.41, 5.74) is 7.18. The van der Waals surface area contributed by atoms with E-state index < -0.39 is 5.89 Å².